The highest BCUT2D eigenvalue weighted by Gasteiger charge is 2.46. The lowest BCUT2D eigenvalue weighted by molar-refractivity contribution is -0.170. The molecule has 0 aromatic heterocycles. The standard InChI is InChI=1S/C12H13Cl2NO2/c1-15(17-2)12(16)9-6-8(9)7-4-3-5-10(13)11(7)14/h3-5,8-9H,6H2,1-2H3. The Morgan fingerprint density at radius 2 is 2.18 bits per heavy atom. The van der Waals surface area contributed by atoms with Gasteiger partial charge in [-0.2, -0.15) is 0 Å². The number of carbonyl (C=O) groups is 1. The molecule has 2 unspecified atom stereocenters. The second-order valence-electron chi connectivity index (χ2n) is 4.11. The lowest BCUT2D eigenvalue weighted by Crippen LogP contribution is -2.27. The van der Waals surface area contributed by atoms with Crippen LogP contribution in [0, 0.1) is 5.92 Å². The number of carbonyl (C=O) groups excluding carboxylic acids is 1. The van der Waals surface area contributed by atoms with Crippen LogP contribution in [0.3, 0.4) is 0 Å². The minimum absolute atomic E-state index is 0.0199. The number of halogens is 2. The fraction of sp³-hybridized carbons (Fsp3) is 0.417. The smallest absolute Gasteiger partial charge is 0.249 e. The Kier molecular flexibility index (Phi) is 3.61. The molecule has 0 bridgehead atoms. The average Bonchev–Trinajstić information content (AvgIpc) is 3.10. The molecule has 0 N–H and O–H groups in total. The fourth-order valence-corrected chi connectivity index (χ4v) is 2.39. The molecule has 17 heavy (non-hydrogen) atoms. The molecule has 92 valence electrons. The molecule has 1 aliphatic rings. The third kappa shape index (κ3) is 2.41. The van der Waals surface area contributed by atoms with Gasteiger partial charge in [0.2, 0.25) is 5.91 Å². The SMILES string of the molecule is CON(C)C(=O)C1CC1c1cccc(Cl)c1Cl. The second kappa shape index (κ2) is 4.84. The van der Waals surface area contributed by atoms with Gasteiger partial charge in [0.25, 0.3) is 0 Å². The van der Waals surface area contributed by atoms with Crippen molar-refractivity contribution in [2.75, 3.05) is 14.2 Å². The first-order valence-electron chi connectivity index (χ1n) is 5.31. The number of hydroxylamine groups is 2. The first-order valence-corrected chi connectivity index (χ1v) is 6.07. The molecule has 0 aliphatic heterocycles. The van der Waals surface area contributed by atoms with E-state index in [0.29, 0.717) is 10.0 Å². The molecule has 1 saturated carbocycles. The van der Waals surface area contributed by atoms with Gasteiger partial charge in [-0.25, -0.2) is 5.06 Å². The molecule has 1 amide bonds. The minimum Gasteiger partial charge on any atom is -0.275 e. The molecule has 2 atom stereocenters. The van der Waals surface area contributed by atoms with Crippen molar-refractivity contribution in [3.05, 3.63) is 33.8 Å². The van der Waals surface area contributed by atoms with Crippen molar-refractivity contribution in [2.24, 2.45) is 5.92 Å². The van der Waals surface area contributed by atoms with E-state index < -0.39 is 0 Å². The maximum atomic E-state index is 11.8. The summed E-state index contributed by atoms with van der Waals surface area (Å²) in [5.41, 5.74) is 0.946. The Labute approximate surface area is 110 Å². The van der Waals surface area contributed by atoms with E-state index >= 15 is 0 Å². The van der Waals surface area contributed by atoms with Crippen molar-refractivity contribution in [3.8, 4) is 0 Å². The van der Waals surface area contributed by atoms with Crippen LogP contribution in [0.25, 0.3) is 0 Å². The molecule has 1 aromatic carbocycles. The summed E-state index contributed by atoms with van der Waals surface area (Å²) in [6.45, 7) is 0. The average molecular weight is 274 g/mol. The molecule has 0 heterocycles. The summed E-state index contributed by atoms with van der Waals surface area (Å²) in [6, 6.07) is 5.51. The predicted molar refractivity (Wildman–Crippen MR) is 67.1 cm³/mol. The molecular weight excluding hydrogens is 261 g/mol. The molecule has 0 radical (unpaired) electrons. The van der Waals surface area contributed by atoms with E-state index in [1.165, 1.54) is 12.2 Å². The first-order chi connectivity index (χ1) is 8.06. The Bertz CT molecular complexity index is 450. The van der Waals surface area contributed by atoms with Crippen LogP contribution in [-0.2, 0) is 9.63 Å². The zero-order chi connectivity index (χ0) is 12.6. The molecule has 0 saturated heterocycles. The van der Waals surface area contributed by atoms with Gasteiger partial charge >= 0.3 is 0 Å². The summed E-state index contributed by atoms with van der Waals surface area (Å²) < 4.78 is 0. The van der Waals surface area contributed by atoms with Crippen molar-refractivity contribution in [2.45, 2.75) is 12.3 Å². The van der Waals surface area contributed by atoms with E-state index in [9.17, 15) is 4.79 Å². The summed E-state index contributed by atoms with van der Waals surface area (Å²) in [5, 5.41) is 2.33. The molecule has 0 spiro atoms. The van der Waals surface area contributed by atoms with Gasteiger partial charge in [0, 0.05) is 13.0 Å². The van der Waals surface area contributed by atoms with E-state index in [4.69, 9.17) is 28.0 Å². The topological polar surface area (TPSA) is 29.5 Å². The minimum atomic E-state index is -0.0454. The number of nitrogens with zero attached hydrogens (tertiary/aromatic N) is 1. The van der Waals surface area contributed by atoms with E-state index in [0.717, 1.165) is 12.0 Å². The third-order valence-electron chi connectivity index (χ3n) is 3.07. The van der Waals surface area contributed by atoms with E-state index in [-0.39, 0.29) is 17.7 Å². The van der Waals surface area contributed by atoms with Gasteiger partial charge in [-0.1, -0.05) is 35.3 Å². The highest BCUT2D eigenvalue weighted by Crippen LogP contribution is 2.51. The van der Waals surface area contributed by atoms with E-state index in [1.54, 1.807) is 13.1 Å². The van der Waals surface area contributed by atoms with Gasteiger partial charge in [0.15, 0.2) is 0 Å². The number of benzene rings is 1. The highest BCUT2D eigenvalue weighted by molar-refractivity contribution is 6.42. The molecule has 2 rings (SSSR count). The van der Waals surface area contributed by atoms with Crippen LogP contribution in [0.4, 0.5) is 0 Å². The van der Waals surface area contributed by atoms with Crippen LogP contribution in [-0.4, -0.2) is 25.1 Å². The molecule has 1 aromatic rings. The maximum absolute atomic E-state index is 11.8. The quantitative estimate of drug-likeness (QED) is 0.792. The predicted octanol–water partition coefficient (Wildman–Crippen LogP) is 3.12. The first kappa shape index (κ1) is 12.7. The Morgan fingerprint density at radius 3 is 2.82 bits per heavy atom. The summed E-state index contributed by atoms with van der Waals surface area (Å²) in [5.74, 6) is 0.0933. The summed E-state index contributed by atoms with van der Waals surface area (Å²) in [4.78, 5) is 16.7. The highest BCUT2D eigenvalue weighted by atomic mass is 35.5. The van der Waals surface area contributed by atoms with Gasteiger partial charge in [-0.05, 0) is 24.0 Å². The zero-order valence-corrected chi connectivity index (χ0v) is 11.1. The van der Waals surface area contributed by atoms with Gasteiger partial charge in [0.05, 0.1) is 17.2 Å². The van der Waals surface area contributed by atoms with Crippen LogP contribution >= 0.6 is 23.2 Å². The normalized spacial score (nSPS) is 22.4. The summed E-state index contributed by atoms with van der Waals surface area (Å²) in [6.07, 6.45) is 0.798. The number of hydrogen-bond donors (Lipinski definition) is 0. The monoisotopic (exact) mass is 273 g/mol. The number of rotatable bonds is 3. The zero-order valence-electron chi connectivity index (χ0n) is 9.61. The third-order valence-corrected chi connectivity index (χ3v) is 3.91. The molecule has 1 aliphatic carbocycles. The Morgan fingerprint density at radius 1 is 1.47 bits per heavy atom. The van der Waals surface area contributed by atoms with Gasteiger partial charge in [-0.15, -0.1) is 0 Å². The van der Waals surface area contributed by atoms with E-state index in [2.05, 4.69) is 0 Å². The lowest BCUT2D eigenvalue weighted by atomic mass is 10.1. The molecule has 5 heteroatoms. The second-order valence-corrected chi connectivity index (χ2v) is 4.90. The molecular formula is C12H13Cl2NO2. The van der Waals surface area contributed by atoms with E-state index in [1.807, 2.05) is 12.1 Å². The lowest BCUT2D eigenvalue weighted by Gasteiger charge is -2.13. The van der Waals surface area contributed by atoms with Gasteiger partial charge in [0.1, 0.15) is 0 Å². The Balaban J connectivity index is 2.13. The van der Waals surface area contributed by atoms with Crippen LogP contribution in [0.5, 0.6) is 0 Å². The largest absolute Gasteiger partial charge is 0.275 e. The van der Waals surface area contributed by atoms with Gasteiger partial charge in [-0.3, -0.25) is 9.63 Å². The Hall–Kier alpha value is -0.770. The summed E-state index contributed by atoms with van der Waals surface area (Å²) >= 11 is 12.1. The van der Waals surface area contributed by atoms with Crippen molar-refractivity contribution in [1.82, 2.24) is 5.06 Å². The van der Waals surface area contributed by atoms with Crippen molar-refractivity contribution >= 4 is 29.1 Å². The van der Waals surface area contributed by atoms with Crippen molar-refractivity contribution in [3.63, 3.8) is 0 Å². The maximum Gasteiger partial charge on any atom is 0.249 e. The van der Waals surface area contributed by atoms with Crippen molar-refractivity contribution in [1.29, 1.82) is 0 Å². The fourth-order valence-electron chi connectivity index (χ4n) is 1.94. The number of amides is 1. The summed E-state index contributed by atoms with van der Waals surface area (Å²) in [7, 11) is 3.08. The van der Waals surface area contributed by atoms with Crippen LogP contribution in [0.2, 0.25) is 10.0 Å². The molecule has 3 nitrogen and oxygen atoms in total. The van der Waals surface area contributed by atoms with Crippen LogP contribution in [0.15, 0.2) is 18.2 Å². The molecule has 1 fully saturated rings. The van der Waals surface area contributed by atoms with Crippen molar-refractivity contribution < 1.29 is 9.63 Å². The van der Waals surface area contributed by atoms with Crippen LogP contribution < -0.4 is 0 Å². The van der Waals surface area contributed by atoms with Crippen LogP contribution in [0.1, 0.15) is 17.9 Å². The van der Waals surface area contributed by atoms with Gasteiger partial charge < -0.3 is 0 Å². The number of hydrogen-bond acceptors (Lipinski definition) is 2.